The smallest absolute Gasteiger partial charge is 0.0809 e. The number of ether oxygens (including phenoxy) is 1. The number of nitrogens with one attached hydrogen (secondary N) is 1. The second-order valence-corrected chi connectivity index (χ2v) is 5.19. The Balaban J connectivity index is 2.06. The number of hydrogen-bond donors (Lipinski definition) is 2. The Kier molecular flexibility index (Phi) is 3.46. The summed E-state index contributed by atoms with van der Waals surface area (Å²) in [6, 6.07) is 8.27. The monoisotopic (exact) mass is 257 g/mol. The minimum atomic E-state index is 0.00500. The highest BCUT2D eigenvalue weighted by molar-refractivity contribution is 5.85. The molecule has 0 aliphatic carbocycles. The lowest BCUT2D eigenvalue weighted by Gasteiger charge is -2.26. The van der Waals surface area contributed by atoms with Gasteiger partial charge in [0.05, 0.1) is 12.1 Å². The van der Waals surface area contributed by atoms with E-state index in [1.807, 2.05) is 18.5 Å². The Bertz CT molecular complexity index is 567. The van der Waals surface area contributed by atoms with Crippen molar-refractivity contribution < 1.29 is 4.74 Å². The maximum atomic E-state index is 5.86. The second kappa shape index (κ2) is 5.25. The third-order valence-corrected chi connectivity index (χ3v) is 4.00. The van der Waals surface area contributed by atoms with Crippen LogP contribution in [0.5, 0.6) is 0 Å². The van der Waals surface area contributed by atoms with Crippen molar-refractivity contribution in [3.63, 3.8) is 0 Å². The topological polar surface area (TPSA) is 60.2 Å². The zero-order chi connectivity index (χ0) is 13.2. The van der Waals surface area contributed by atoms with E-state index in [1.54, 1.807) is 0 Å². The van der Waals surface area contributed by atoms with Crippen molar-refractivity contribution in [2.45, 2.75) is 25.5 Å². The Morgan fingerprint density at radius 3 is 3.05 bits per heavy atom. The third-order valence-electron chi connectivity index (χ3n) is 4.00. The number of rotatable bonds is 3. The molecule has 1 aromatic carbocycles. The summed E-state index contributed by atoms with van der Waals surface area (Å²) in [6.07, 6.45) is 4.92. The normalized spacial score (nSPS) is 24.7. The molecule has 19 heavy (non-hydrogen) atoms. The van der Waals surface area contributed by atoms with E-state index in [4.69, 9.17) is 10.6 Å². The molecule has 0 saturated carbocycles. The average molecular weight is 257 g/mol. The van der Waals surface area contributed by atoms with Crippen molar-refractivity contribution in [2.24, 2.45) is 11.8 Å². The van der Waals surface area contributed by atoms with E-state index >= 15 is 0 Å². The average Bonchev–Trinajstić information content (AvgIpc) is 2.86. The van der Waals surface area contributed by atoms with E-state index in [1.165, 1.54) is 5.39 Å². The maximum absolute atomic E-state index is 5.86. The lowest BCUT2D eigenvalue weighted by atomic mass is 9.90. The Labute approximate surface area is 112 Å². The minimum Gasteiger partial charge on any atom is -0.376 e. The lowest BCUT2D eigenvalue weighted by molar-refractivity contribution is 0.0611. The molecule has 3 atom stereocenters. The van der Waals surface area contributed by atoms with Gasteiger partial charge in [0.15, 0.2) is 0 Å². The van der Waals surface area contributed by atoms with Gasteiger partial charge < -0.3 is 4.74 Å². The number of pyridine rings is 1. The van der Waals surface area contributed by atoms with Crippen LogP contribution in [0, 0.1) is 5.92 Å². The molecule has 4 heteroatoms. The predicted octanol–water partition coefficient (Wildman–Crippen LogP) is 2.16. The molecular formula is C15H19N3O. The molecule has 0 bridgehead atoms. The van der Waals surface area contributed by atoms with E-state index < -0.39 is 0 Å². The van der Waals surface area contributed by atoms with Crippen molar-refractivity contribution in [1.29, 1.82) is 0 Å². The summed E-state index contributed by atoms with van der Waals surface area (Å²) in [5, 5.41) is 2.31. The standard InChI is InChI=1S/C15H19N3O/c1-10-6-8-19-15(10)14(18-16)12-4-2-3-11-5-7-17-9-13(11)12/h2-5,7,9-10,14-15,18H,6,8,16H2,1H3. The van der Waals surface area contributed by atoms with Crippen LogP contribution in [0.4, 0.5) is 0 Å². The molecule has 0 spiro atoms. The van der Waals surface area contributed by atoms with Crippen LogP contribution in [0.3, 0.4) is 0 Å². The quantitative estimate of drug-likeness (QED) is 0.653. The molecule has 2 heterocycles. The van der Waals surface area contributed by atoms with Crippen molar-refractivity contribution in [2.75, 3.05) is 6.61 Å². The summed E-state index contributed by atoms with van der Waals surface area (Å²) in [5.74, 6) is 6.29. The van der Waals surface area contributed by atoms with Crippen LogP contribution in [0.1, 0.15) is 24.9 Å². The van der Waals surface area contributed by atoms with Gasteiger partial charge in [0.25, 0.3) is 0 Å². The van der Waals surface area contributed by atoms with Crippen LogP contribution in [-0.2, 0) is 4.74 Å². The van der Waals surface area contributed by atoms with E-state index in [2.05, 4.69) is 35.5 Å². The van der Waals surface area contributed by atoms with Crippen LogP contribution in [0.2, 0.25) is 0 Å². The van der Waals surface area contributed by atoms with Crippen LogP contribution in [-0.4, -0.2) is 17.7 Å². The number of benzene rings is 1. The van der Waals surface area contributed by atoms with E-state index in [-0.39, 0.29) is 12.1 Å². The maximum Gasteiger partial charge on any atom is 0.0809 e. The van der Waals surface area contributed by atoms with Crippen LogP contribution < -0.4 is 11.3 Å². The first-order valence-electron chi connectivity index (χ1n) is 6.71. The van der Waals surface area contributed by atoms with E-state index in [0.29, 0.717) is 5.92 Å². The van der Waals surface area contributed by atoms with Gasteiger partial charge in [0.2, 0.25) is 0 Å². The summed E-state index contributed by atoms with van der Waals surface area (Å²) < 4.78 is 5.86. The van der Waals surface area contributed by atoms with Gasteiger partial charge in [-0.1, -0.05) is 25.1 Å². The highest BCUT2D eigenvalue weighted by atomic mass is 16.5. The van der Waals surface area contributed by atoms with Gasteiger partial charge in [-0.05, 0) is 29.4 Å². The molecule has 3 unspecified atom stereocenters. The first-order chi connectivity index (χ1) is 9.31. The van der Waals surface area contributed by atoms with Gasteiger partial charge in [0, 0.05) is 24.4 Å². The van der Waals surface area contributed by atoms with Crippen LogP contribution >= 0.6 is 0 Å². The molecule has 1 saturated heterocycles. The number of nitrogens with zero attached hydrogens (tertiary/aromatic N) is 1. The summed E-state index contributed by atoms with van der Waals surface area (Å²) >= 11 is 0. The summed E-state index contributed by atoms with van der Waals surface area (Å²) in [4.78, 5) is 4.23. The molecule has 2 aromatic rings. The first kappa shape index (κ1) is 12.5. The van der Waals surface area contributed by atoms with Crippen LogP contribution in [0.25, 0.3) is 10.8 Å². The molecular weight excluding hydrogens is 238 g/mol. The van der Waals surface area contributed by atoms with Gasteiger partial charge in [-0.15, -0.1) is 0 Å². The second-order valence-electron chi connectivity index (χ2n) is 5.19. The molecule has 1 aromatic heterocycles. The molecule has 1 fully saturated rings. The highest BCUT2D eigenvalue weighted by Crippen LogP contribution is 2.33. The van der Waals surface area contributed by atoms with Gasteiger partial charge >= 0.3 is 0 Å². The van der Waals surface area contributed by atoms with Crippen molar-refractivity contribution in [1.82, 2.24) is 10.4 Å². The third kappa shape index (κ3) is 2.23. The Morgan fingerprint density at radius 1 is 1.42 bits per heavy atom. The molecule has 3 N–H and O–H groups in total. The zero-order valence-electron chi connectivity index (χ0n) is 11.0. The predicted molar refractivity (Wildman–Crippen MR) is 75.3 cm³/mol. The summed E-state index contributed by atoms with van der Waals surface area (Å²) in [5.41, 5.74) is 4.09. The van der Waals surface area contributed by atoms with Crippen LogP contribution in [0.15, 0.2) is 36.7 Å². The lowest BCUT2D eigenvalue weighted by Crippen LogP contribution is -2.38. The van der Waals surface area contributed by atoms with Gasteiger partial charge in [-0.3, -0.25) is 16.3 Å². The van der Waals surface area contributed by atoms with E-state index in [0.717, 1.165) is 24.0 Å². The molecule has 1 aliphatic rings. The number of nitrogens with two attached hydrogens (primary N) is 1. The number of fused-ring (bicyclic) bond motifs is 1. The number of aromatic nitrogens is 1. The SMILES string of the molecule is CC1CCOC1C(NN)c1cccc2ccncc12. The Morgan fingerprint density at radius 2 is 2.32 bits per heavy atom. The van der Waals surface area contributed by atoms with Gasteiger partial charge in [-0.2, -0.15) is 0 Å². The molecule has 4 nitrogen and oxygen atoms in total. The number of hydrogen-bond acceptors (Lipinski definition) is 4. The molecule has 100 valence electrons. The summed E-state index contributed by atoms with van der Waals surface area (Å²) in [6.45, 7) is 3.03. The van der Waals surface area contributed by atoms with Crippen molar-refractivity contribution in [3.05, 3.63) is 42.2 Å². The largest absolute Gasteiger partial charge is 0.376 e. The fourth-order valence-corrected chi connectivity index (χ4v) is 2.91. The fourth-order valence-electron chi connectivity index (χ4n) is 2.91. The van der Waals surface area contributed by atoms with Gasteiger partial charge in [-0.25, -0.2) is 0 Å². The van der Waals surface area contributed by atoms with E-state index in [9.17, 15) is 0 Å². The van der Waals surface area contributed by atoms with Gasteiger partial charge in [0.1, 0.15) is 0 Å². The highest BCUT2D eigenvalue weighted by Gasteiger charge is 2.33. The van der Waals surface area contributed by atoms with Crippen molar-refractivity contribution in [3.8, 4) is 0 Å². The molecule has 0 radical (unpaired) electrons. The fraction of sp³-hybridized carbons (Fsp3) is 0.400. The molecule has 3 rings (SSSR count). The molecule has 0 amide bonds. The molecule has 1 aliphatic heterocycles. The van der Waals surface area contributed by atoms with Crippen molar-refractivity contribution >= 4 is 10.8 Å². The Hall–Kier alpha value is -1.49. The minimum absolute atomic E-state index is 0.00500. The number of hydrazine groups is 1. The zero-order valence-corrected chi connectivity index (χ0v) is 11.0. The first-order valence-corrected chi connectivity index (χ1v) is 6.71. The summed E-state index contributed by atoms with van der Waals surface area (Å²) in [7, 11) is 0.